The van der Waals surface area contributed by atoms with Gasteiger partial charge >= 0.3 is 12.1 Å². The number of carboxylic acid groups (broad SMARTS) is 1. The molecule has 2 aromatic heterocycles. The van der Waals surface area contributed by atoms with Gasteiger partial charge in [0.05, 0.1) is 12.1 Å². The van der Waals surface area contributed by atoms with Crippen molar-refractivity contribution in [3.05, 3.63) is 35.3 Å². The molecule has 1 aliphatic heterocycles. The highest BCUT2D eigenvalue weighted by atomic mass is 19.4. The fraction of sp³-hybridized carbons (Fsp3) is 0.333. The van der Waals surface area contributed by atoms with E-state index in [-0.39, 0.29) is 36.8 Å². The molecule has 23 heavy (non-hydrogen) atoms. The lowest BCUT2D eigenvalue weighted by Crippen LogP contribution is -2.39. The smallest absolute Gasteiger partial charge is 0.451 e. The maximum atomic E-state index is 12.7. The number of furan rings is 1. The summed E-state index contributed by atoms with van der Waals surface area (Å²) in [6.45, 7) is -0.295. The van der Waals surface area contributed by atoms with Gasteiger partial charge in [0, 0.05) is 19.2 Å². The third kappa shape index (κ3) is 2.64. The summed E-state index contributed by atoms with van der Waals surface area (Å²) in [6, 6.07) is 1.06. The Morgan fingerprint density at radius 2 is 2.00 bits per heavy atom. The Hall–Kier alpha value is -2.85. The number of hydrogen-bond acceptors (Lipinski definition) is 5. The summed E-state index contributed by atoms with van der Waals surface area (Å²) in [7, 11) is 0. The van der Waals surface area contributed by atoms with E-state index in [1.807, 2.05) is 0 Å². The quantitative estimate of drug-likeness (QED) is 0.889. The maximum absolute atomic E-state index is 12.7. The predicted molar refractivity (Wildman–Crippen MR) is 65.4 cm³/mol. The van der Waals surface area contributed by atoms with Crippen LogP contribution in [0.4, 0.5) is 13.2 Å². The van der Waals surface area contributed by atoms with Crippen LogP contribution in [-0.2, 0) is 19.3 Å². The summed E-state index contributed by atoms with van der Waals surface area (Å²) >= 11 is 0. The number of halogens is 3. The average Bonchev–Trinajstić information content (AvgIpc) is 3.12. The van der Waals surface area contributed by atoms with Crippen LogP contribution in [0.15, 0.2) is 16.7 Å². The predicted octanol–water partition coefficient (Wildman–Crippen LogP) is 1.24. The van der Waals surface area contributed by atoms with Gasteiger partial charge in [-0.3, -0.25) is 4.79 Å². The molecule has 0 saturated heterocycles. The van der Waals surface area contributed by atoms with Gasteiger partial charge in [-0.2, -0.15) is 13.2 Å². The second kappa shape index (κ2) is 5.11. The fourth-order valence-corrected chi connectivity index (χ4v) is 2.26. The van der Waals surface area contributed by atoms with Crippen molar-refractivity contribution in [3.63, 3.8) is 0 Å². The summed E-state index contributed by atoms with van der Waals surface area (Å²) in [5.41, 5.74) is -0.187. The van der Waals surface area contributed by atoms with Crippen LogP contribution in [0.1, 0.15) is 32.6 Å². The zero-order valence-corrected chi connectivity index (χ0v) is 11.4. The van der Waals surface area contributed by atoms with E-state index in [0.717, 1.165) is 16.9 Å². The number of amides is 1. The molecule has 11 heteroatoms. The molecule has 1 amide bonds. The minimum Gasteiger partial charge on any atom is -0.478 e. The van der Waals surface area contributed by atoms with Gasteiger partial charge in [0.2, 0.25) is 5.82 Å². The van der Waals surface area contributed by atoms with Crippen LogP contribution in [0.5, 0.6) is 0 Å². The maximum Gasteiger partial charge on any atom is 0.451 e. The highest BCUT2D eigenvalue weighted by molar-refractivity contribution is 5.95. The summed E-state index contributed by atoms with van der Waals surface area (Å²) in [5.74, 6) is -3.18. The SMILES string of the molecule is O=C(O)c1coc(C(=O)N2CCn3c(nnc3C(F)(F)F)C2)c1. The van der Waals surface area contributed by atoms with E-state index in [9.17, 15) is 22.8 Å². The van der Waals surface area contributed by atoms with Gasteiger partial charge < -0.3 is 19.0 Å². The van der Waals surface area contributed by atoms with Crippen LogP contribution >= 0.6 is 0 Å². The zero-order chi connectivity index (χ0) is 16.8. The molecule has 0 radical (unpaired) electrons. The fourth-order valence-electron chi connectivity index (χ4n) is 2.26. The minimum absolute atomic E-state index is 0.00180. The van der Waals surface area contributed by atoms with E-state index in [0.29, 0.717) is 0 Å². The Kier molecular flexibility index (Phi) is 3.34. The number of carbonyl (C=O) groups is 2. The first-order valence-electron chi connectivity index (χ1n) is 6.37. The molecule has 0 saturated carbocycles. The highest BCUT2D eigenvalue weighted by Crippen LogP contribution is 2.29. The Bertz CT molecular complexity index is 780. The van der Waals surface area contributed by atoms with Crippen LogP contribution in [0.25, 0.3) is 0 Å². The van der Waals surface area contributed by atoms with E-state index >= 15 is 0 Å². The van der Waals surface area contributed by atoms with Crippen LogP contribution in [-0.4, -0.2) is 43.2 Å². The third-order valence-corrected chi connectivity index (χ3v) is 3.35. The Morgan fingerprint density at radius 3 is 2.61 bits per heavy atom. The standard InChI is InChI=1S/C12H9F3N4O4/c13-12(14,15)11-17-16-8-4-18(1-2-19(8)11)9(20)7-3-6(5-23-7)10(21)22/h3,5H,1-2,4H2,(H,21,22). The number of rotatable bonds is 2. The first kappa shape index (κ1) is 15.1. The molecule has 1 aliphatic rings. The topological polar surface area (TPSA) is 101 Å². The molecular weight excluding hydrogens is 321 g/mol. The van der Waals surface area contributed by atoms with Crippen LogP contribution < -0.4 is 0 Å². The molecule has 0 bridgehead atoms. The lowest BCUT2D eigenvalue weighted by atomic mass is 10.2. The second-order valence-corrected chi connectivity index (χ2v) is 4.82. The number of carbonyl (C=O) groups excluding carboxylic acids is 1. The van der Waals surface area contributed by atoms with Crippen molar-refractivity contribution in [2.24, 2.45) is 0 Å². The third-order valence-electron chi connectivity index (χ3n) is 3.35. The van der Waals surface area contributed by atoms with Crippen LogP contribution in [0.3, 0.4) is 0 Å². The van der Waals surface area contributed by atoms with Gasteiger partial charge in [0.15, 0.2) is 11.6 Å². The molecular formula is C12H9F3N4O4. The zero-order valence-electron chi connectivity index (χ0n) is 11.4. The number of aromatic nitrogens is 3. The first-order valence-corrected chi connectivity index (χ1v) is 6.37. The minimum atomic E-state index is -4.62. The number of carboxylic acids is 1. The normalized spacial score (nSPS) is 14.7. The summed E-state index contributed by atoms with van der Waals surface area (Å²) in [6.07, 6.45) is -3.70. The molecule has 2 aromatic rings. The summed E-state index contributed by atoms with van der Waals surface area (Å²) < 4.78 is 44.0. The van der Waals surface area contributed by atoms with E-state index in [1.165, 1.54) is 4.90 Å². The lowest BCUT2D eigenvalue weighted by molar-refractivity contribution is -0.147. The Morgan fingerprint density at radius 1 is 1.26 bits per heavy atom. The number of aromatic carboxylic acids is 1. The summed E-state index contributed by atoms with van der Waals surface area (Å²) in [4.78, 5) is 24.2. The number of fused-ring (bicyclic) bond motifs is 1. The second-order valence-electron chi connectivity index (χ2n) is 4.82. The molecule has 0 spiro atoms. The van der Waals surface area contributed by atoms with Crippen LogP contribution in [0, 0.1) is 0 Å². The van der Waals surface area contributed by atoms with Crippen molar-refractivity contribution in [1.82, 2.24) is 19.7 Å². The van der Waals surface area contributed by atoms with Crippen LogP contribution in [0.2, 0.25) is 0 Å². The van der Waals surface area contributed by atoms with Crippen molar-refractivity contribution in [2.45, 2.75) is 19.3 Å². The van der Waals surface area contributed by atoms with E-state index < -0.39 is 23.9 Å². The van der Waals surface area contributed by atoms with E-state index in [1.54, 1.807) is 0 Å². The molecule has 0 fully saturated rings. The largest absolute Gasteiger partial charge is 0.478 e. The molecule has 0 aromatic carbocycles. The molecule has 1 N–H and O–H groups in total. The van der Waals surface area contributed by atoms with Crippen molar-refractivity contribution < 1.29 is 32.3 Å². The number of nitrogens with zero attached hydrogens (tertiary/aromatic N) is 4. The van der Waals surface area contributed by atoms with Gasteiger partial charge in [-0.1, -0.05) is 0 Å². The Balaban J connectivity index is 1.80. The van der Waals surface area contributed by atoms with E-state index in [4.69, 9.17) is 9.52 Å². The van der Waals surface area contributed by atoms with Crippen molar-refractivity contribution in [1.29, 1.82) is 0 Å². The molecule has 0 atom stereocenters. The van der Waals surface area contributed by atoms with Gasteiger partial charge in [-0.15, -0.1) is 10.2 Å². The monoisotopic (exact) mass is 330 g/mol. The molecule has 0 aliphatic carbocycles. The lowest BCUT2D eigenvalue weighted by Gasteiger charge is -2.27. The van der Waals surface area contributed by atoms with Gasteiger partial charge in [-0.05, 0) is 0 Å². The summed E-state index contributed by atoms with van der Waals surface area (Å²) in [5, 5.41) is 15.4. The molecule has 3 rings (SSSR count). The highest BCUT2D eigenvalue weighted by Gasteiger charge is 2.40. The van der Waals surface area contributed by atoms with Gasteiger partial charge in [-0.25, -0.2) is 4.79 Å². The Labute approximate surface area is 126 Å². The number of alkyl halides is 3. The average molecular weight is 330 g/mol. The number of hydrogen-bond donors (Lipinski definition) is 1. The van der Waals surface area contributed by atoms with E-state index in [2.05, 4.69) is 10.2 Å². The molecule has 3 heterocycles. The van der Waals surface area contributed by atoms with Crippen molar-refractivity contribution in [3.8, 4) is 0 Å². The first-order chi connectivity index (χ1) is 10.8. The van der Waals surface area contributed by atoms with Gasteiger partial charge in [0.25, 0.3) is 5.91 Å². The van der Waals surface area contributed by atoms with Gasteiger partial charge in [0.1, 0.15) is 6.26 Å². The van der Waals surface area contributed by atoms with Crippen molar-refractivity contribution in [2.75, 3.05) is 6.54 Å². The molecule has 122 valence electrons. The molecule has 8 nitrogen and oxygen atoms in total. The molecule has 0 unspecified atom stereocenters. The van der Waals surface area contributed by atoms with Crippen molar-refractivity contribution >= 4 is 11.9 Å².